The molecule has 0 aliphatic carbocycles. The maximum Gasteiger partial charge on any atom is 0.167 e. The van der Waals surface area contributed by atoms with E-state index in [-0.39, 0.29) is 6.42 Å². The number of alkyl halides is 4. The number of aromatic nitrogens is 2. The van der Waals surface area contributed by atoms with E-state index in [1.165, 1.54) is 19.3 Å². The van der Waals surface area contributed by atoms with Crippen LogP contribution in [0.2, 0.25) is 0 Å². The maximum atomic E-state index is 14.1. The van der Waals surface area contributed by atoms with Crippen molar-refractivity contribution in [2.75, 3.05) is 19.8 Å². The third kappa shape index (κ3) is 9.95. The fourth-order valence-electron chi connectivity index (χ4n) is 3.35. The summed E-state index contributed by atoms with van der Waals surface area (Å²) in [7, 11) is 0. The van der Waals surface area contributed by atoms with Gasteiger partial charge in [0.15, 0.2) is 24.3 Å². The molecule has 0 aliphatic rings. The van der Waals surface area contributed by atoms with Gasteiger partial charge in [0.2, 0.25) is 0 Å². The van der Waals surface area contributed by atoms with Gasteiger partial charge in [0.05, 0.1) is 13.2 Å². The molecule has 0 saturated heterocycles. The van der Waals surface area contributed by atoms with E-state index in [4.69, 9.17) is 9.47 Å². The Kier molecular flexibility index (Phi) is 12.9. The molecule has 2 aromatic rings. The number of unbranched alkanes of at least 4 members (excludes halogenated alkanes) is 3. The molecule has 34 heavy (non-hydrogen) atoms. The van der Waals surface area contributed by atoms with Gasteiger partial charge < -0.3 is 9.47 Å². The first kappa shape index (κ1) is 28.0. The molecule has 0 saturated carbocycles. The number of aryl methyl sites for hydroxylation is 1. The van der Waals surface area contributed by atoms with Crippen molar-refractivity contribution in [3.63, 3.8) is 0 Å². The van der Waals surface area contributed by atoms with E-state index in [9.17, 15) is 17.6 Å². The van der Waals surface area contributed by atoms with Gasteiger partial charge in [-0.05, 0) is 49.6 Å². The summed E-state index contributed by atoms with van der Waals surface area (Å²) in [5.74, 6) is 0.975. The minimum atomic E-state index is -2.00. The minimum Gasteiger partial charge on any atom is -0.490 e. The Morgan fingerprint density at radius 2 is 1.44 bits per heavy atom. The zero-order valence-electron chi connectivity index (χ0n) is 20.1. The van der Waals surface area contributed by atoms with Gasteiger partial charge in [0.25, 0.3) is 0 Å². The lowest BCUT2D eigenvalue weighted by atomic mass is 10.1. The van der Waals surface area contributed by atoms with Crippen LogP contribution in [0.5, 0.6) is 5.75 Å². The summed E-state index contributed by atoms with van der Waals surface area (Å²) in [5.41, 5.74) is 1.79. The second-order valence-corrected chi connectivity index (χ2v) is 8.41. The number of hydrogen-bond donors (Lipinski definition) is 0. The van der Waals surface area contributed by atoms with Crippen LogP contribution in [-0.2, 0) is 11.2 Å². The van der Waals surface area contributed by atoms with Crippen LogP contribution in [0.25, 0.3) is 11.4 Å². The minimum absolute atomic E-state index is 0.0680. The van der Waals surface area contributed by atoms with Crippen LogP contribution in [0.15, 0.2) is 36.5 Å². The number of hydrogen-bond acceptors (Lipinski definition) is 4. The van der Waals surface area contributed by atoms with Gasteiger partial charge in [-0.15, -0.1) is 0 Å². The first-order chi connectivity index (χ1) is 16.4. The number of halogens is 4. The summed E-state index contributed by atoms with van der Waals surface area (Å²) in [6, 6.07) is 8.73. The van der Waals surface area contributed by atoms with Crippen LogP contribution in [0.1, 0.15) is 58.1 Å². The predicted molar refractivity (Wildman–Crippen MR) is 126 cm³/mol. The molecular weight excluding hydrogens is 448 g/mol. The van der Waals surface area contributed by atoms with E-state index in [1.807, 2.05) is 6.07 Å². The van der Waals surface area contributed by atoms with Crippen molar-refractivity contribution in [2.24, 2.45) is 0 Å². The Bertz CT molecular complexity index is 810. The second-order valence-electron chi connectivity index (χ2n) is 8.41. The lowest BCUT2D eigenvalue weighted by Crippen LogP contribution is -2.31. The third-order valence-corrected chi connectivity index (χ3v) is 5.42. The largest absolute Gasteiger partial charge is 0.490 e. The molecule has 0 fully saturated rings. The molecule has 0 N–H and O–H groups in total. The lowest BCUT2D eigenvalue weighted by molar-refractivity contribution is -0.00820. The van der Waals surface area contributed by atoms with E-state index in [2.05, 4.69) is 16.9 Å². The molecule has 0 radical (unpaired) electrons. The van der Waals surface area contributed by atoms with E-state index >= 15 is 0 Å². The van der Waals surface area contributed by atoms with Gasteiger partial charge in [-0.25, -0.2) is 27.5 Å². The molecule has 0 spiro atoms. The van der Waals surface area contributed by atoms with Crippen molar-refractivity contribution in [1.82, 2.24) is 9.97 Å². The molecule has 4 atom stereocenters. The number of nitrogens with zero attached hydrogens (tertiary/aromatic N) is 2. The number of rotatable bonds is 17. The van der Waals surface area contributed by atoms with E-state index in [0.29, 0.717) is 18.0 Å². The van der Waals surface area contributed by atoms with Crippen LogP contribution in [0, 0.1) is 0 Å². The SMILES string of the molecule is CCCCCCc1ccnc(-c2ccc(OC[C@@H](F)[C@H](F)COC[C@H](F)[C@@H](F)CCC)cc2)n1. The molecule has 4 nitrogen and oxygen atoms in total. The van der Waals surface area contributed by atoms with E-state index < -0.39 is 44.5 Å². The smallest absolute Gasteiger partial charge is 0.167 e. The quantitative estimate of drug-likeness (QED) is 0.183. The summed E-state index contributed by atoms with van der Waals surface area (Å²) in [6.07, 6.45) is 0.422. The van der Waals surface area contributed by atoms with Gasteiger partial charge in [-0.2, -0.15) is 0 Å². The Balaban J connectivity index is 1.77. The van der Waals surface area contributed by atoms with Crippen molar-refractivity contribution in [1.29, 1.82) is 0 Å². The average molecular weight is 485 g/mol. The highest BCUT2D eigenvalue weighted by atomic mass is 19.2. The molecule has 190 valence electrons. The van der Waals surface area contributed by atoms with Crippen molar-refractivity contribution in [3.05, 3.63) is 42.2 Å². The van der Waals surface area contributed by atoms with E-state index in [0.717, 1.165) is 24.1 Å². The van der Waals surface area contributed by atoms with Gasteiger partial charge >= 0.3 is 0 Å². The third-order valence-electron chi connectivity index (χ3n) is 5.42. The molecule has 2 rings (SSSR count). The Hall–Kier alpha value is -2.22. The highest BCUT2D eigenvalue weighted by Crippen LogP contribution is 2.21. The van der Waals surface area contributed by atoms with Crippen LogP contribution in [0.3, 0.4) is 0 Å². The van der Waals surface area contributed by atoms with Crippen LogP contribution in [0.4, 0.5) is 17.6 Å². The van der Waals surface area contributed by atoms with Crippen LogP contribution >= 0.6 is 0 Å². The highest BCUT2D eigenvalue weighted by molar-refractivity contribution is 5.56. The summed E-state index contributed by atoms with van der Waals surface area (Å²) in [4.78, 5) is 8.92. The summed E-state index contributed by atoms with van der Waals surface area (Å²) in [5, 5.41) is 0. The summed E-state index contributed by atoms with van der Waals surface area (Å²) < 4.78 is 65.0. The second kappa shape index (κ2) is 15.6. The first-order valence-electron chi connectivity index (χ1n) is 12.1. The molecule has 0 amide bonds. The van der Waals surface area contributed by atoms with Crippen molar-refractivity contribution in [2.45, 2.75) is 83.5 Å². The van der Waals surface area contributed by atoms with Gasteiger partial charge in [-0.1, -0.05) is 39.5 Å². The van der Waals surface area contributed by atoms with E-state index in [1.54, 1.807) is 37.4 Å². The van der Waals surface area contributed by atoms with Crippen molar-refractivity contribution in [3.8, 4) is 17.1 Å². The molecule has 1 aromatic heterocycles. The summed E-state index contributed by atoms with van der Waals surface area (Å²) in [6.45, 7) is 2.14. The monoisotopic (exact) mass is 484 g/mol. The molecule has 0 bridgehead atoms. The zero-order chi connectivity index (χ0) is 24.8. The number of ether oxygens (including phenoxy) is 2. The van der Waals surface area contributed by atoms with Crippen molar-refractivity contribution < 1.29 is 27.0 Å². The molecular formula is C26H36F4N2O2. The summed E-state index contributed by atoms with van der Waals surface area (Å²) >= 11 is 0. The van der Waals surface area contributed by atoms with Gasteiger partial charge in [-0.3, -0.25) is 0 Å². The zero-order valence-corrected chi connectivity index (χ0v) is 20.1. The Labute approximate surface area is 200 Å². The van der Waals surface area contributed by atoms with Gasteiger partial charge in [0, 0.05) is 17.5 Å². The Morgan fingerprint density at radius 3 is 2.12 bits per heavy atom. The fourth-order valence-corrected chi connectivity index (χ4v) is 3.35. The Morgan fingerprint density at radius 1 is 0.765 bits per heavy atom. The predicted octanol–water partition coefficient (Wildman–Crippen LogP) is 6.81. The normalized spacial score (nSPS) is 15.0. The molecule has 0 aliphatic heterocycles. The van der Waals surface area contributed by atoms with Crippen LogP contribution in [-0.4, -0.2) is 54.5 Å². The topological polar surface area (TPSA) is 44.2 Å². The molecule has 8 heteroatoms. The van der Waals surface area contributed by atoms with Gasteiger partial charge in [0.1, 0.15) is 18.5 Å². The highest BCUT2D eigenvalue weighted by Gasteiger charge is 2.24. The maximum absolute atomic E-state index is 14.1. The first-order valence-corrected chi connectivity index (χ1v) is 12.1. The molecule has 0 unspecified atom stereocenters. The standard InChI is InChI=1S/C26H36F4N2O2/c1-3-5-6-7-9-20-14-15-31-26(32-20)19-10-12-21(13-11-19)34-18-25(30)24(29)17-33-16-23(28)22(27)8-4-2/h10-15,22-25H,3-9,16-18H2,1-2H3/t22-,23-,24+,25+/m0/s1. The van der Waals surface area contributed by atoms with Crippen molar-refractivity contribution >= 4 is 0 Å². The number of benzene rings is 1. The van der Waals surface area contributed by atoms with Crippen LogP contribution < -0.4 is 4.74 Å². The molecule has 1 aromatic carbocycles. The molecule has 1 heterocycles. The lowest BCUT2D eigenvalue weighted by Gasteiger charge is -2.17. The fraction of sp³-hybridized carbons (Fsp3) is 0.615. The average Bonchev–Trinajstić information content (AvgIpc) is 2.85.